The molecule has 5 aromatic rings. The van der Waals surface area contributed by atoms with Crippen LogP contribution in [0, 0.1) is 0 Å². The number of nitrogens with zero attached hydrogens (tertiary/aromatic N) is 3. The Morgan fingerprint density at radius 2 is 1.86 bits per heavy atom. The molecule has 0 N–H and O–H groups in total. The SMILES string of the molecule is C=C1OB(c2ccc3c(c2)c2ncccc2c2nc4ccccc4n32)OC1(C)C. The van der Waals surface area contributed by atoms with E-state index in [1.807, 2.05) is 50.4 Å². The van der Waals surface area contributed by atoms with Crippen molar-refractivity contribution in [2.75, 3.05) is 0 Å². The molecular weight excluding hydrogens is 361 g/mol. The zero-order valence-electron chi connectivity index (χ0n) is 16.2. The van der Waals surface area contributed by atoms with Crippen LogP contribution in [0.3, 0.4) is 0 Å². The first-order valence-corrected chi connectivity index (χ1v) is 9.64. The van der Waals surface area contributed by atoms with Gasteiger partial charge in [-0.3, -0.25) is 9.38 Å². The summed E-state index contributed by atoms with van der Waals surface area (Å²) in [4.78, 5) is 9.57. The van der Waals surface area contributed by atoms with Crippen LogP contribution in [0.1, 0.15) is 13.8 Å². The Morgan fingerprint density at radius 1 is 1.00 bits per heavy atom. The highest BCUT2D eigenvalue weighted by molar-refractivity contribution is 6.62. The summed E-state index contributed by atoms with van der Waals surface area (Å²) < 4.78 is 14.2. The number of hydrogen-bond donors (Lipinski definition) is 0. The van der Waals surface area contributed by atoms with E-state index in [-0.39, 0.29) is 0 Å². The molecule has 0 radical (unpaired) electrons. The summed E-state index contributed by atoms with van der Waals surface area (Å²) in [6.45, 7) is 7.92. The van der Waals surface area contributed by atoms with Gasteiger partial charge >= 0.3 is 7.12 Å². The van der Waals surface area contributed by atoms with Crippen LogP contribution in [0.2, 0.25) is 0 Å². The summed E-state index contributed by atoms with van der Waals surface area (Å²) in [7, 11) is -0.476. The number of aromatic nitrogens is 3. The fourth-order valence-electron chi connectivity index (χ4n) is 4.10. The second-order valence-corrected chi connectivity index (χ2v) is 7.94. The Bertz CT molecular complexity index is 1470. The maximum Gasteiger partial charge on any atom is 0.563 e. The van der Waals surface area contributed by atoms with E-state index in [2.05, 4.69) is 40.2 Å². The lowest BCUT2D eigenvalue weighted by Gasteiger charge is -2.15. The van der Waals surface area contributed by atoms with Crippen molar-refractivity contribution in [3.05, 3.63) is 73.1 Å². The average molecular weight is 379 g/mol. The predicted octanol–water partition coefficient (Wildman–Crippen LogP) is 4.22. The first kappa shape index (κ1) is 16.6. The molecule has 1 fully saturated rings. The van der Waals surface area contributed by atoms with Gasteiger partial charge in [-0.2, -0.15) is 0 Å². The normalized spacial score (nSPS) is 16.3. The van der Waals surface area contributed by atoms with Gasteiger partial charge in [-0.25, -0.2) is 4.98 Å². The maximum absolute atomic E-state index is 6.09. The molecule has 3 aromatic heterocycles. The molecule has 0 spiro atoms. The summed E-state index contributed by atoms with van der Waals surface area (Å²) in [5.41, 5.74) is 5.37. The van der Waals surface area contributed by atoms with Gasteiger partial charge in [-0.1, -0.05) is 24.8 Å². The molecule has 0 aliphatic carbocycles. The molecule has 1 aliphatic heterocycles. The van der Waals surface area contributed by atoms with E-state index in [1.165, 1.54) is 0 Å². The number of hydrogen-bond acceptors (Lipinski definition) is 4. The van der Waals surface area contributed by atoms with Gasteiger partial charge < -0.3 is 9.31 Å². The van der Waals surface area contributed by atoms with Crippen molar-refractivity contribution in [2.24, 2.45) is 0 Å². The van der Waals surface area contributed by atoms with Crippen molar-refractivity contribution in [3.8, 4) is 0 Å². The summed E-state index contributed by atoms with van der Waals surface area (Å²) >= 11 is 0. The van der Waals surface area contributed by atoms with E-state index in [0.29, 0.717) is 5.76 Å². The molecule has 5 nitrogen and oxygen atoms in total. The second kappa shape index (κ2) is 5.58. The minimum Gasteiger partial charge on any atom is -0.534 e. The van der Waals surface area contributed by atoms with E-state index in [1.54, 1.807) is 0 Å². The summed E-state index contributed by atoms with van der Waals surface area (Å²) in [5.74, 6) is 0.640. The molecule has 4 heterocycles. The number of imidazole rings is 1. The molecule has 1 saturated heterocycles. The third-order valence-electron chi connectivity index (χ3n) is 5.72. The molecule has 2 aromatic carbocycles. The number of fused-ring (bicyclic) bond motifs is 8. The van der Waals surface area contributed by atoms with Crippen LogP contribution in [-0.2, 0) is 9.31 Å². The van der Waals surface area contributed by atoms with Gasteiger partial charge in [0.1, 0.15) is 11.2 Å². The monoisotopic (exact) mass is 379 g/mol. The number of pyridine rings is 2. The third kappa shape index (κ3) is 2.26. The van der Waals surface area contributed by atoms with Crippen molar-refractivity contribution in [2.45, 2.75) is 19.4 Å². The maximum atomic E-state index is 6.09. The van der Waals surface area contributed by atoms with Crippen molar-refractivity contribution in [1.29, 1.82) is 0 Å². The van der Waals surface area contributed by atoms with E-state index in [9.17, 15) is 0 Å². The van der Waals surface area contributed by atoms with E-state index in [4.69, 9.17) is 14.3 Å². The smallest absolute Gasteiger partial charge is 0.534 e. The van der Waals surface area contributed by atoms with Crippen LogP contribution in [0.4, 0.5) is 0 Å². The summed E-state index contributed by atoms with van der Waals surface area (Å²) in [5, 5.41) is 2.06. The zero-order valence-corrected chi connectivity index (χ0v) is 16.2. The molecule has 0 atom stereocenters. The zero-order chi connectivity index (χ0) is 19.8. The van der Waals surface area contributed by atoms with Gasteiger partial charge in [0.25, 0.3) is 0 Å². The molecular formula is C23H18BN3O2. The van der Waals surface area contributed by atoms with E-state index in [0.717, 1.165) is 43.9 Å². The van der Waals surface area contributed by atoms with Gasteiger partial charge in [0.2, 0.25) is 0 Å². The van der Waals surface area contributed by atoms with Gasteiger partial charge in [-0.15, -0.1) is 0 Å². The molecule has 0 unspecified atom stereocenters. The average Bonchev–Trinajstić information content (AvgIpc) is 3.25. The Morgan fingerprint density at radius 3 is 2.69 bits per heavy atom. The van der Waals surface area contributed by atoms with Crippen molar-refractivity contribution in [3.63, 3.8) is 0 Å². The molecule has 0 bridgehead atoms. The van der Waals surface area contributed by atoms with Crippen molar-refractivity contribution in [1.82, 2.24) is 14.4 Å². The highest BCUT2D eigenvalue weighted by atomic mass is 16.7. The fourth-order valence-corrected chi connectivity index (χ4v) is 4.10. The topological polar surface area (TPSA) is 48.7 Å². The Hall–Kier alpha value is -3.38. The van der Waals surface area contributed by atoms with Crippen molar-refractivity contribution >= 4 is 51.1 Å². The van der Waals surface area contributed by atoms with Crippen molar-refractivity contribution < 1.29 is 9.31 Å². The lowest BCUT2D eigenvalue weighted by molar-refractivity contribution is 0.173. The van der Waals surface area contributed by atoms with Crippen LogP contribution in [0.25, 0.3) is 38.5 Å². The van der Waals surface area contributed by atoms with Gasteiger partial charge in [0.15, 0.2) is 0 Å². The molecule has 1 aliphatic rings. The highest BCUT2D eigenvalue weighted by Crippen LogP contribution is 2.32. The van der Waals surface area contributed by atoms with Crippen LogP contribution < -0.4 is 5.46 Å². The summed E-state index contributed by atoms with van der Waals surface area (Å²) in [6.07, 6.45) is 1.82. The minimum atomic E-state index is -0.509. The van der Waals surface area contributed by atoms with Gasteiger partial charge in [0, 0.05) is 17.0 Å². The van der Waals surface area contributed by atoms with E-state index < -0.39 is 12.7 Å². The lowest BCUT2D eigenvalue weighted by atomic mass is 9.78. The largest absolute Gasteiger partial charge is 0.563 e. The molecule has 6 rings (SSSR count). The third-order valence-corrected chi connectivity index (χ3v) is 5.72. The molecule has 0 saturated carbocycles. The first-order chi connectivity index (χ1) is 14.0. The van der Waals surface area contributed by atoms with Gasteiger partial charge in [0.05, 0.1) is 27.8 Å². The van der Waals surface area contributed by atoms with Gasteiger partial charge in [-0.05, 0) is 55.7 Å². The Balaban J connectivity index is 1.70. The van der Waals surface area contributed by atoms with E-state index >= 15 is 0 Å². The highest BCUT2D eigenvalue weighted by Gasteiger charge is 2.42. The second-order valence-electron chi connectivity index (χ2n) is 7.94. The number of rotatable bonds is 1. The molecule has 0 amide bonds. The molecule has 140 valence electrons. The van der Waals surface area contributed by atoms with Crippen LogP contribution in [-0.4, -0.2) is 27.1 Å². The fraction of sp³-hybridized carbons (Fsp3) is 0.130. The van der Waals surface area contributed by atoms with Crippen LogP contribution in [0.5, 0.6) is 0 Å². The lowest BCUT2D eigenvalue weighted by Crippen LogP contribution is -2.34. The van der Waals surface area contributed by atoms with Crippen LogP contribution >= 0.6 is 0 Å². The number of benzene rings is 2. The number of para-hydroxylation sites is 2. The molecule has 6 heteroatoms. The van der Waals surface area contributed by atoms with Crippen LogP contribution in [0.15, 0.2) is 73.1 Å². The first-order valence-electron chi connectivity index (χ1n) is 9.64. The standard InChI is InChI=1S/C23H18BN3O2/c1-14-23(2,3)29-24(28-14)15-10-11-19-17(13-15)21-16(7-6-12-25-21)22-26-18-8-4-5-9-20(18)27(19)22/h4-13H,1H2,2-3H3. The predicted molar refractivity (Wildman–Crippen MR) is 116 cm³/mol. The molecule has 29 heavy (non-hydrogen) atoms. The minimum absolute atomic E-state index is 0.476. The Labute approximate surface area is 167 Å². The summed E-state index contributed by atoms with van der Waals surface area (Å²) in [6, 6.07) is 18.5. The quantitative estimate of drug-likeness (QED) is 0.323. The Kier molecular flexibility index (Phi) is 3.19.